The molecule has 0 spiro atoms. The van der Waals surface area contributed by atoms with Crippen molar-refractivity contribution < 1.29 is 4.79 Å². The Labute approximate surface area is 112 Å². The van der Waals surface area contributed by atoms with Crippen molar-refractivity contribution in [3.05, 3.63) is 35.9 Å². The highest BCUT2D eigenvalue weighted by Gasteiger charge is 2.28. The van der Waals surface area contributed by atoms with Crippen LogP contribution in [-0.2, 0) is 11.2 Å². The van der Waals surface area contributed by atoms with Crippen molar-refractivity contribution >= 4 is 13.9 Å². The number of nitrogens with one attached hydrogen (secondary N) is 1. The van der Waals surface area contributed by atoms with Crippen molar-refractivity contribution in [3.63, 3.8) is 0 Å². The molecule has 0 fully saturated rings. The molecule has 0 aromatic heterocycles. The van der Waals surface area contributed by atoms with E-state index < -0.39 is 0 Å². The zero-order chi connectivity index (χ0) is 13.6. The van der Waals surface area contributed by atoms with Gasteiger partial charge < -0.3 is 5.23 Å². The zero-order valence-electron chi connectivity index (χ0n) is 12.0. The summed E-state index contributed by atoms with van der Waals surface area (Å²) in [5.41, 5.74) is 1.10. The van der Waals surface area contributed by atoms with Crippen LogP contribution in [0.15, 0.2) is 30.3 Å². The second-order valence-corrected chi connectivity index (χ2v) is 5.80. The minimum atomic E-state index is -0.273. The maximum absolute atomic E-state index is 11.7. The lowest BCUT2D eigenvalue weighted by Crippen LogP contribution is -2.36. The molecule has 0 bridgehead atoms. The lowest BCUT2D eigenvalue weighted by Gasteiger charge is -2.26. The van der Waals surface area contributed by atoms with Crippen LogP contribution in [0.3, 0.4) is 0 Å². The summed E-state index contributed by atoms with van der Waals surface area (Å²) < 4.78 is 0. The Morgan fingerprint density at radius 3 is 2.50 bits per heavy atom. The Balaban J connectivity index is 2.42. The minimum absolute atomic E-state index is 0.133. The third-order valence-corrected chi connectivity index (χ3v) is 3.47. The van der Waals surface area contributed by atoms with E-state index >= 15 is 0 Å². The number of amides is 1. The first-order valence-corrected chi connectivity index (χ1v) is 6.72. The van der Waals surface area contributed by atoms with E-state index in [4.69, 9.17) is 0 Å². The molecule has 1 rings (SSSR count). The van der Waals surface area contributed by atoms with Gasteiger partial charge in [0.15, 0.2) is 0 Å². The molecule has 1 unspecified atom stereocenters. The van der Waals surface area contributed by atoms with Gasteiger partial charge in [0, 0.05) is 5.41 Å². The van der Waals surface area contributed by atoms with E-state index in [1.807, 2.05) is 19.9 Å². The van der Waals surface area contributed by atoms with Crippen LogP contribution in [0.2, 0.25) is 0 Å². The largest absolute Gasteiger partial charge is 0.406 e. The number of rotatable bonds is 6. The van der Waals surface area contributed by atoms with Gasteiger partial charge in [-0.05, 0) is 30.7 Å². The molecule has 0 radical (unpaired) electrons. The van der Waals surface area contributed by atoms with Crippen LogP contribution in [0.25, 0.3) is 0 Å². The number of carbonyl (C=O) groups excluding carboxylic acids is 1. The quantitative estimate of drug-likeness (QED) is 0.766. The number of aryl methyl sites for hydroxylation is 1. The summed E-state index contributed by atoms with van der Waals surface area (Å²) in [6, 6.07) is 10.5. The topological polar surface area (TPSA) is 29.1 Å². The third kappa shape index (κ3) is 4.56. The Hall–Kier alpha value is -1.25. The smallest absolute Gasteiger partial charge is 0.217 e. The first kappa shape index (κ1) is 14.8. The molecule has 18 heavy (non-hydrogen) atoms. The molecule has 1 aromatic rings. The Kier molecular flexibility index (Phi) is 5.45. The zero-order valence-corrected chi connectivity index (χ0v) is 12.0. The van der Waals surface area contributed by atoms with E-state index in [-0.39, 0.29) is 11.3 Å². The molecule has 0 heterocycles. The van der Waals surface area contributed by atoms with Crippen LogP contribution in [0.1, 0.15) is 39.2 Å². The van der Waals surface area contributed by atoms with Crippen molar-refractivity contribution in [1.29, 1.82) is 0 Å². The second kappa shape index (κ2) is 6.62. The lowest BCUT2D eigenvalue weighted by atomic mass is 9.80. The van der Waals surface area contributed by atoms with Gasteiger partial charge in [-0.1, -0.05) is 51.1 Å². The fourth-order valence-electron chi connectivity index (χ4n) is 2.46. The molecular formula is C15H24BNO. The minimum Gasteiger partial charge on any atom is -0.406 e. The summed E-state index contributed by atoms with van der Waals surface area (Å²) in [6.07, 6.45) is 3.15. The van der Waals surface area contributed by atoms with E-state index in [0.29, 0.717) is 5.92 Å². The molecule has 3 heteroatoms. The first-order valence-electron chi connectivity index (χ1n) is 6.72. The highest BCUT2D eigenvalue weighted by atomic mass is 16.1. The number of hydrogen-bond acceptors (Lipinski definition) is 1. The second-order valence-electron chi connectivity index (χ2n) is 5.80. The molecule has 98 valence electrons. The van der Waals surface area contributed by atoms with Crippen molar-refractivity contribution in [2.45, 2.75) is 40.0 Å². The highest BCUT2D eigenvalue weighted by Crippen LogP contribution is 2.27. The van der Waals surface area contributed by atoms with E-state index in [2.05, 4.69) is 36.4 Å². The molecule has 0 saturated carbocycles. The Bertz CT molecular complexity index is 375. The number of hydrogen-bond donors (Lipinski definition) is 1. The van der Waals surface area contributed by atoms with E-state index in [0.717, 1.165) is 19.3 Å². The Morgan fingerprint density at radius 2 is 1.94 bits per heavy atom. The molecule has 0 aliphatic heterocycles. The SMILES string of the molecule is BNC(=O)C(C)(C)CC(C)CCc1ccccc1. The van der Waals surface area contributed by atoms with Gasteiger partial charge >= 0.3 is 0 Å². The Morgan fingerprint density at radius 1 is 1.33 bits per heavy atom. The molecule has 2 nitrogen and oxygen atoms in total. The summed E-state index contributed by atoms with van der Waals surface area (Å²) in [4.78, 5) is 11.7. The van der Waals surface area contributed by atoms with Gasteiger partial charge in [0.2, 0.25) is 13.9 Å². The third-order valence-electron chi connectivity index (χ3n) is 3.47. The molecule has 0 aliphatic rings. The van der Waals surface area contributed by atoms with Crippen molar-refractivity contribution in [2.75, 3.05) is 0 Å². The summed E-state index contributed by atoms with van der Waals surface area (Å²) >= 11 is 0. The molecular weight excluding hydrogens is 221 g/mol. The lowest BCUT2D eigenvalue weighted by molar-refractivity contribution is -0.128. The van der Waals surface area contributed by atoms with Crippen molar-refractivity contribution in [1.82, 2.24) is 5.23 Å². The van der Waals surface area contributed by atoms with Gasteiger partial charge in [-0.2, -0.15) is 0 Å². The van der Waals surface area contributed by atoms with Gasteiger partial charge in [0.1, 0.15) is 0 Å². The molecule has 0 aliphatic carbocycles. The number of benzene rings is 1. The standard InChI is InChI=1S/C15H24BNO/c1-12(11-15(2,3)14(18)17-16)9-10-13-7-5-4-6-8-13/h4-8,12H,9-11,16H2,1-3H3,(H,17,18). The fourth-order valence-corrected chi connectivity index (χ4v) is 2.46. The van der Waals surface area contributed by atoms with Crippen LogP contribution in [0.5, 0.6) is 0 Å². The highest BCUT2D eigenvalue weighted by molar-refractivity contribution is 6.15. The fraction of sp³-hybridized carbons (Fsp3) is 0.533. The van der Waals surface area contributed by atoms with Gasteiger partial charge in [-0.25, -0.2) is 0 Å². The van der Waals surface area contributed by atoms with Crippen LogP contribution in [0, 0.1) is 11.3 Å². The van der Waals surface area contributed by atoms with Gasteiger partial charge in [-0.15, -0.1) is 0 Å². The predicted molar refractivity (Wildman–Crippen MR) is 79.0 cm³/mol. The van der Waals surface area contributed by atoms with Crippen LogP contribution < -0.4 is 5.23 Å². The molecule has 1 aromatic carbocycles. The van der Waals surface area contributed by atoms with Gasteiger partial charge in [-0.3, -0.25) is 4.79 Å². The van der Waals surface area contributed by atoms with Crippen molar-refractivity contribution in [2.24, 2.45) is 11.3 Å². The van der Waals surface area contributed by atoms with E-state index in [9.17, 15) is 4.79 Å². The summed E-state index contributed by atoms with van der Waals surface area (Å²) in [7, 11) is 1.71. The molecule has 0 saturated heterocycles. The maximum Gasteiger partial charge on any atom is 0.217 e. The normalized spacial score (nSPS) is 13.1. The average molecular weight is 245 g/mol. The van der Waals surface area contributed by atoms with Crippen LogP contribution in [-0.4, -0.2) is 13.9 Å². The average Bonchev–Trinajstić information content (AvgIpc) is 2.36. The molecule has 1 N–H and O–H groups in total. The predicted octanol–water partition coefficient (Wildman–Crippen LogP) is 2.34. The maximum atomic E-state index is 11.7. The summed E-state index contributed by atoms with van der Waals surface area (Å²) in [6.45, 7) is 6.27. The first-order chi connectivity index (χ1) is 8.45. The summed E-state index contributed by atoms with van der Waals surface area (Å²) in [5, 5.41) is 2.75. The number of carbonyl (C=O) groups is 1. The summed E-state index contributed by atoms with van der Waals surface area (Å²) in [5.74, 6) is 0.687. The van der Waals surface area contributed by atoms with E-state index in [1.165, 1.54) is 5.56 Å². The van der Waals surface area contributed by atoms with Crippen molar-refractivity contribution in [3.8, 4) is 0 Å². The monoisotopic (exact) mass is 245 g/mol. The molecule has 1 atom stereocenters. The molecule has 1 amide bonds. The van der Waals surface area contributed by atoms with Gasteiger partial charge in [0.05, 0.1) is 0 Å². The van der Waals surface area contributed by atoms with Crippen LogP contribution in [0.4, 0.5) is 0 Å². The van der Waals surface area contributed by atoms with Gasteiger partial charge in [0.25, 0.3) is 0 Å². The van der Waals surface area contributed by atoms with E-state index in [1.54, 1.807) is 7.98 Å². The van der Waals surface area contributed by atoms with Crippen LogP contribution >= 0.6 is 0 Å².